The maximum Gasteiger partial charge on any atom is 0.119 e. The van der Waals surface area contributed by atoms with Gasteiger partial charge < -0.3 is 23.8 Å². The summed E-state index contributed by atoms with van der Waals surface area (Å²) in [5.74, 6) is 0.880. The number of nitrogens with zero attached hydrogens (tertiary/aromatic N) is 1. The zero-order chi connectivity index (χ0) is 23.6. The Kier molecular flexibility index (Phi) is 9.43. The van der Waals surface area contributed by atoms with E-state index in [9.17, 15) is 0 Å². The van der Waals surface area contributed by atoms with Crippen LogP contribution in [0.15, 0.2) is 48.0 Å². The van der Waals surface area contributed by atoms with Crippen LogP contribution in [-0.2, 0) is 14.2 Å². The first-order chi connectivity index (χ1) is 16.7. The third kappa shape index (κ3) is 7.08. The van der Waals surface area contributed by atoms with E-state index < -0.39 is 0 Å². The summed E-state index contributed by atoms with van der Waals surface area (Å²) in [4.78, 5) is 2.47. The Balaban J connectivity index is 1.44. The van der Waals surface area contributed by atoms with Crippen molar-refractivity contribution in [2.24, 2.45) is 0 Å². The van der Waals surface area contributed by atoms with Gasteiger partial charge in [0.15, 0.2) is 0 Å². The predicted molar refractivity (Wildman–Crippen MR) is 139 cm³/mol. The van der Waals surface area contributed by atoms with Crippen LogP contribution in [0.4, 0.5) is 5.69 Å². The molecule has 1 fully saturated rings. The van der Waals surface area contributed by atoms with E-state index in [1.54, 1.807) is 0 Å². The lowest BCUT2D eigenvalue weighted by Gasteiger charge is -2.33. The molecule has 5 nitrogen and oxygen atoms in total. The number of rotatable bonds is 10. The van der Waals surface area contributed by atoms with Gasteiger partial charge >= 0.3 is 0 Å². The van der Waals surface area contributed by atoms with Crippen LogP contribution in [0.25, 0.3) is 17.2 Å². The Morgan fingerprint density at radius 1 is 1.00 bits per heavy atom. The van der Waals surface area contributed by atoms with E-state index in [4.69, 9.17) is 18.9 Å². The van der Waals surface area contributed by atoms with Crippen LogP contribution in [0.2, 0.25) is 0 Å². The van der Waals surface area contributed by atoms with Crippen LogP contribution in [0.5, 0.6) is 5.75 Å². The molecule has 2 heterocycles. The summed E-state index contributed by atoms with van der Waals surface area (Å²) < 4.78 is 23.0. The molecule has 0 spiro atoms. The molecule has 0 bridgehead atoms. The Morgan fingerprint density at radius 2 is 1.85 bits per heavy atom. The number of unbranched alkanes of at least 4 members (excludes halogenated alkanes) is 1. The first kappa shape index (κ1) is 24.8. The van der Waals surface area contributed by atoms with Gasteiger partial charge in [0.05, 0.1) is 32.5 Å². The number of hydrogen-bond donors (Lipinski definition) is 0. The minimum Gasteiger partial charge on any atom is -0.491 e. The maximum absolute atomic E-state index is 5.94. The summed E-state index contributed by atoms with van der Waals surface area (Å²) in [6.07, 6.45) is 7.01. The Labute approximate surface area is 204 Å². The van der Waals surface area contributed by atoms with Crippen molar-refractivity contribution < 1.29 is 18.9 Å². The van der Waals surface area contributed by atoms with E-state index in [1.807, 2.05) is 12.1 Å². The number of benzene rings is 2. The predicted octanol–water partition coefficient (Wildman–Crippen LogP) is 5.97. The molecule has 184 valence electrons. The highest BCUT2D eigenvalue weighted by Gasteiger charge is 2.21. The van der Waals surface area contributed by atoms with Crippen LogP contribution < -0.4 is 9.64 Å². The fourth-order valence-corrected chi connectivity index (χ4v) is 4.53. The maximum atomic E-state index is 5.94. The third-order valence-corrected chi connectivity index (χ3v) is 6.40. The van der Waals surface area contributed by atoms with Crippen molar-refractivity contribution in [2.45, 2.75) is 45.6 Å². The van der Waals surface area contributed by atoms with Gasteiger partial charge in [-0.15, -0.1) is 0 Å². The number of ether oxygens (including phenoxy) is 4. The van der Waals surface area contributed by atoms with Crippen LogP contribution in [-0.4, -0.2) is 58.8 Å². The van der Waals surface area contributed by atoms with Gasteiger partial charge in [-0.1, -0.05) is 43.2 Å². The van der Waals surface area contributed by atoms with E-state index in [1.165, 1.54) is 28.0 Å². The molecular weight excluding hydrogens is 426 g/mol. The smallest absolute Gasteiger partial charge is 0.119 e. The zero-order valence-corrected chi connectivity index (χ0v) is 20.8. The number of hydrogen-bond acceptors (Lipinski definition) is 5. The molecule has 0 aromatic heterocycles. The SMILES string of the molecule is CCCCOCCOc1ccc(-c2ccc3c(c2)/C=C(/C)CCCN3CC2COCCO2)cc1. The van der Waals surface area contributed by atoms with Crippen molar-refractivity contribution >= 4 is 11.8 Å². The van der Waals surface area contributed by atoms with Gasteiger partial charge in [0, 0.05) is 25.4 Å². The van der Waals surface area contributed by atoms with Crippen LogP contribution >= 0.6 is 0 Å². The summed E-state index contributed by atoms with van der Waals surface area (Å²) in [6.45, 7) is 10.4. The van der Waals surface area contributed by atoms with Crippen molar-refractivity contribution in [3.8, 4) is 16.9 Å². The molecule has 0 N–H and O–H groups in total. The average molecular weight is 466 g/mol. The summed E-state index contributed by atoms with van der Waals surface area (Å²) >= 11 is 0. The van der Waals surface area contributed by atoms with Gasteiger partial charge in [0.2, 0.25) is 0 Å². The molecule has 0 amide bonds. The summed E-state index contributed by atoms with van der Waals surface area (Å²) in [7, 11) is 0. The second-order valence-electron chi connectivity index (χ2n) is 9.22. The fraction of sp³-hybridized carbons (Fsp3) is 0.517. The van der Waals surface area contributed by atoms with Gasteiger partial charge in [0.25, 0.3) is 0 Å². The Hall–Kier alpha value is -2.34. The first-order valence-corrected chi connectivity index (χ1v) is 12.8. The standard InChI is InChI=1S/C29H39NO4/c1-3-4-14-31-15-17-33-27-10-7-24(8-11-27)25-9-12-29-26(20-25)19-23(2)6-5-13-30(29)21-28-22-32-16-18-34-28/h7-12,19-20,28H,3-6,13-18,21-22H2,1-2H3/b23-19-. The highest BCUT2D eigenvalue weighted by molar-refractivity contribution is 5.77. The molecule has 0 aliphatic carbocycles. The van der Waals surface area contributed by atoms with Crippen LogP contribution in [0, 0.1) is 0 Å². The van der Waals surface area contributed by atoms with Crippen molar-refractivity contribution in [3.63, 3.8) is 0 Å². The first-order valence-electron chi connectivity index (χ1n) is 12.8. The lowest BCUT2D eigenvalue weighted by Crippen LogP contribution is -2.41. The molecule has 0 saturated carbocycles. The summed E-state index contributed by atoms with van der Waals surface area (Å²) in [5, 5.41) is 0. The van der Waals surface area contributed by atoms with E-state index in [0.29, 0.717) is 33.0 Å². The molecule has 0 radical (unpaired) electrons. The Bertz CT molecular complexity index is 918. The monoisotopic (exact) mass is 465 g/mol. The number of fused-ring (bicyclic) bond motifs is 1. The van der Waals surface area contributed by atoms with Crippen molar-refractivity contribution in [1.29, 1.82) is 0 Å². The molecular formula is C29H39NO4. The number of allylic oxidation sites excluding steroid dienone is 1. The lowest BCUT2D eigenvalue weighted by atomic mass is 9.97. The van der Waals surface area contributed by atoms with Crippen molar-refractivity contribution in [1.82, 2.24) is 0 Å². The second kappa shape index (κ2) is 12.9. The highest BCUT2D eigenvalue weighted by atomic mass is 16.6. The minimum atomic E-state index is 0.135. The van der Waals surface area contributed by atoms with E-state index in [0.717, 1.165) is 51.1 Å². The summed E-state index contributed by atoms with van der Waals surface area (Å²) in [5.41, 5.74) is 6.39. The van der Waals surface area contributed by atoms with Gasteiger partial charge in [-0.2, -0.15) is 0 Å². The normalized spacial score (nSPS) is 20.1. The molecule has 1 unspecified atom stereocenters. The molecule has 34 heavy (non-hydrogen) atoms. The highest BCUT2D eigenvalue weighted by Crippen LogP contribution is 2.32. The third-order valence-electron chi connectivity index (χ3n) is 6.40. The van der Waals surface area contributed by atoms with Gasteiger partial charge in [-0.3, -0.25) is 0 Å². The van der Waals surface area contributed by atoms with Crippen LogP contribution in [0.1, 0.15) is 45.1 Å². The average Bonchev–Trinajstić information content (AvgIpc) is 2.86. The molecule has 1 saturated heterocycles. The minimum absolute atomic E-state index is 0.135. The van der Waals surface area contributed by atoms with Gasteiger partial charge in [-0.25, -0.2) is 0 Å². The molecule has 2 aromatic rings. The second-order valence-corrected chi connectivity index (χ2v) is 9.22. The molecule has 2 aromatic carbocycles. The van der Waals surface area contributed by atoms with Gasteiger partial charge in [0.1, 0.15) is 12.4 Å². The molecule has 1 atom stereocenters. The van der Waals surface area contributed by atoms with E-state index in [2.05, 4.69) is 55.2 Å². The Morgan fingerprint density at radius 3 is 2.65 bits per heavy atom. The van der Waals surface area contributed by atoms with Gasteiger partial charge in [-0.05, 0) is 67.1 Å². The van der Waals surface area contributed by atoms with Crippen molar-refractivity contribution in [2.75, 3.05) is 57.6 Å². The van der Waals surface area contributed by atoms with Crippen LogP contribution in [0.3, 0.4) is 0 Å². The molecule has 4 rings (SSSR count). The molecule has 2 aliphatic rings. The molecule has 2 aliphatic heterocycles. The zero-order valence-electron chi connectivity index (χ0n) is 20.8. The number of anilines is 1. The van der Waals surface area contributed by atoms with E-state index >= 15 is 0 Å². The van der Waals surface area contributed by atoms with E-state index in [-0.39, 0.29) is 6.10 Å². The van der Waals surface area contributed by atoms with Crippen molar-refractivity contribution in [3.05, 3.63) is 53.6 Å². The fourth-order valence-electron chi connectivity index (χ4n) is 4.53. The lowest BCUT2D eigenvalue weighted by molar-refractivity contribution is -0.0840. The molecule has 5 heteroatoms. The summed E-state index contributed by atoms with van der Waals surface area (Å²) in [6, 6.07) is 15.2. The topological polar surface area (TPSA) is 40.2 Å². The largest absolute Gasteiger partial charge is 0.491 e. The quantitative estimate of drug-likeness (QED) is 0.405.